The van der Waals surface area contributed by atoms with Crippen molar-refractivity contribution in [3.63, 3.8) is 0 Å². The standard InChI is InChI=1S/C17H19ClF3NO2/c1-16(2,3)24-15(23)22-8-6-11(7-9-22)12-4-5-14(18)13(10-12)17(19,20)21/h4-6,10H,7-9H2,1-3H3. The van der Waals surface area contributed by atoms with Crippen molar-refractivity contribution in [1.82, 2.24) is 4.90 Å². The molecule has 1 amide bonds. The van der Waals surface area contributed by atoms with Gasteiger partial charge in [-0.05, 0) is 50.5 Å². The van der Waals surface area contributed by atoms with Gasteiger partial charge in [0.05, 0.1) is 10.6 Å². The van der Waals surface area contributed by atoms with Crippen molar-refractivity contribution in [2.24, 2.45) is 0 Å². The first-order valence-electron chi connectivity index (χ1n) is 7.51. The number of nitrogens with zero attached hydrogens (tertiary/aromatic N) is 1. The lowest BCUT2D eigenvalue weighted by molar-refractivity contribution is -0.137. The summed E-state index contributed by atoms with van der Waals surface area (Å²) in [4.78, 5) is 13.5. The number of carbonyl (C=O) groups excluding carboxylic acids is 1. The van der Waals surface area contributed by atoms with Gasteiger partial charge in [0, 0.05) is 13.1 Å². The molecule has 1 aliphatic rings. The Morgan fingerprint density at radius 2 is 1.92 bits per heavy atom. The van der Waals surface area contributed by atoms with Crippen LogP contribution in [0.4, 0.5) is 18.0 Å². The van der Waals surface area contributed by atoms with Gasteiger partial charge in [-0.3, -0.25) is 0 Å². The number of carbonyl (C=O) groups is 1. The van der Waals surface area contributed by atoms with E-state index < -0.39 is 23.4 Å². The van der Waals surface area contributed by atoms with Crippen LogP contribution in [0.2, 0.25) is 5.02 Å². The number of ether oxygens (including phenoxy) is 1. The first kappa shape index (κ1) is 18.6. The molecule has 1 aromatic rings. The fraction of sp³-hybridized carbons (Fsp3) is 0.471. The Kier molecular flexibility index (Phi) is 5.18. The number of benzene rings is 1. The average molecular weight is 362 g/mol. The van der Waals surface area contributed by atoms with Crippen LogP contribution in [0.1, 0.15) is 38.3 Å². The molecule has 1 aromatic carbocycles. The first-order valence-corrected chi connectivity index (χ1v) is 7.89. The Labute approximate surface area is 144 Å². The Hall–Kier alpha value is -1.69. The van der Waals surface area contributed by atoms with Crippen LogP contribution >= 0.6 is 11.6 Å². The summed E-state index contributed by atoms with van der Waals surface area (Å²) in [5.41, 5.74) is -0.205. The molecule has 2 rings (SSSR count). The highest BCUT2D eigenvalue weighted by atomic mass is 35.5. The number of halogens is 4. The second-order valence-corrected chi connectivity index (χ2v) is 7.01. The maximum absolute atomic E-state index is 12.9. The largest absolute Gasteiger partial charge is 0.444 e. The summed E-state index contributed by atoms with van der Waals surface area (Å²) in [5, 5.41) is -0.321. The van der Waals surface area contributed by atoms with Gasteiger partial charge in [-0.2, -0.15) is 13.2 Å². The van der Waals surface area contributed by atoms with Gasteiger partial charge in [0.1, 0.15) is 5.60 Å². The van der Waals surface area contributed by atoms with Gasteiger partial charge < -0.3 is 9.64 Å². The molecule has 0 saturated heterocycles. The molecule has 0 aromatic heterocycles. The quantitative estimate of drug-likeness (QED) is 0.671. The molecule has 1 heterocycles. The lowest BCUT2D eigenvalue weighted by Crippen LogP contribution is -2.39. The van der Waals surface area contributed by atoms with Gasteiger partial charge in [-0.1, -0.05) is 23.7 Å². The van der Waals surface area contributed by atoms with Crippen molar-refractivity contribution in [2.45, 2.75) is 39.0 Å². The van der Waals surface area contributed by atoms with Gasteiger partial charge in [-0.15, -0.1) is 0 Å². The number of amides is 1. The van der Waals surface area contributed by atoms with Gasteiger partial charge in [0.25, 0.3) is 0 Å². The van der Waals surface area contributed by atoms with Crippen LogP contribution in [0.5, 0.6) is 0 Å². The first-order chi connectivity index (χ1) is 11.0. The van der Waals surface area contributed by atoms with Crippen LogP contribution in [-0.2, 0) is 10.9 Å². The molecular formula is C17H19ClF3NO2. The minimum atomic E-state index is -4.50. The predicted molar refractivity (Wildman–Crippen MR) is 86.9 cm³/mol. The third-order valence-electron chi connectivity index (χ3n) is 3.50. The average Bonchev–Trinajstić information content (AvgIpc) is 2.45. The van der Waals surface area contributed by atoms with Gasteiger partial charge in [0.2, 0.25) is 0 Å². The fourth-order valence-corrected chi connectivity index (χ4v) is 2.59. The van der Waals surface area contributed by atoms with Gasteiger partial charge in [0.15, 0.2) is 0 Å². The van der Waals surface area contributed by atoms with Gasteiger partial charge in [-0.25, -0.2) is 4.79 Å². The second kappa shape index (κ2) is 6.67. The molecule has 24 heavy (non-hydrogen) atoms. The van der Waals surface area contributed by atoms with E-state index in [4.69, 9.17) is 16.3 Å². The van der Waals surface area contributed by atoms with Crippen molar-refractivity contribution >= 4 is 23.3 Å². The van der Waals surface area contributed by atoms with Crippen molar-refractivity contribution in [3.8, 4) is 0 Å². The Morgan fingerprint density at radius 3 is 2.42 bits per heavy atom. The van der Waals surface area contributed by atoms with Crippen molar-refractivity contribution < 1.29 is 22.7 Å². The molecule has 7 heteroatoms. The maximum atomic E-state index is 12.9. The zero-order chi connectivity index (χ0) is 18.1. The van der Waals surface area contributed by atoms with Crippen molar-refractivity contribution in [1.29, 1.82) is 0 Å². The summed E-state index contributed by atoms with van der Waals surface area (Å²) in [6.07, 6.45) is -2.72. The summed E-state index contributed by atoms with van der Waals surface area (Å²) in [7, 11) is 0. The van der Waals surface area contributed by atoms with E-state index in [0.717, 1.165) is 11.6 Å². The molecule has 0 aliphatic carbocycles. The topological polar surface area (TPSA) is 29.5 Å². The van der Waals surface area contributed by atoms with Crippen molar-refractivity contribution in [3.05, 3.63) is 40.4 Å². The molecule has 0 unspecified atom stereocenters. The normalized spacial score (nSPS) is 16.0. The zero-order valence-corrected chi connectivity index (χ0v) is 14.5. The number of rotatable bonds is 1. The van der Waals surface area contributed by atoms with E-state index in [1.165, 1.54) is 11.0 Å². The lowest BCUT2D eigenvalue weighted by atomic mass is 9.97. The predicted octanol–water partition coefficient (Wildman–Crippen LogP) is 5.38. The molecule has 3 nitrogen and oxygen atoms in total. The Morgan fingerprint density at radius 1 is 1.25 bits per heavy atom. The summed E-state index contributed by atoms with van der Waals surface area (Å²) < 4.78 is 44.1. The summed E-state index contributed by atoms with van der Waals surface area (Å²) in [5.74, 6) is 0. The molecule has 0 fully saturated rings. The van der Waals surface area contributed by atoms with E-state index in [0.29, 0.717) is 25.1 Å². The zero-order valence-electron chi connectivity index (χ0n) is 13.7. The van der Waals surface area contributed by atoms with E-state index in [9.17, 15) is 18.0 Å². The second-order valence-electron chi connectivity index (χ2n) is 6.60. The molecular weight excluding hydrogens is 343 g/mol. The third kappa shape index (κ3) is 4.66. The highest BCUT2D eigenvalue weighted by Crippen LogP contribution is 2.37. The van der Waals surface area contributed by atoms with E-state index >= 15 is 0 Å². The fourth-order valence-electron chi connectivity index (χ4n) is 2.37. The smallest absolute Gasteiger partial charge is 0.417 e. The van der Waals surface area contributed by atoms with Crippen LogP contribution in [0.25, 0.3) is 5.57 Å². The highest BCUT2D eigenvalue weighted by Gasteiger charge is 2.33. The summed E-state index contributed by atoms with van der Waals surface area (Å²) in [6, 6.07) is 3.87. The lowest BCUT2D eigenvalue weighted by Gasteiger charge is -2.29. The minimum absolute atomic E-state index is 0.300. The third-order valence-corrected chi connectivity index (χ3v) is 3.83. The van der Waals surface area contributed by atoms with E-state index in [1.54, 1.807) is 32.9 Å². The van der Waals surface area contributed by atoms with Crippen molar-refractivity contribution in [2.75, 3.05) is 13.1 Å². The van der Waals surface area contributed by atoms with Crippen LogP contribution in [-0.4, -0.2) is 29.7 Å². The highest BCUT2D eigenvalue weighted by molar-refractivity contribution is 6.31. The number of alkyl halides is 3. The van der Waals surface area contributed by atoms with E-state index in [2.05, 4.69) is 0 Å². The Bertz CT molecular complexity index is 663. The number of hydrogen-bond donors (Lipinski definition) is 0. The summed E-state index contributed by atoms with van der Waals surface area (Å²) in [6.45, 7) is 6.03. The maximum Gasteiger partial charge on any atom is 0.417 e. The van der Waals surface area contributed by atoms with Crippen LogP contribution in [0, 0.1) is 0 Å². The molecule has 0 atom stereocenters. The van der Waals surface area contributed by atoms with Gasteiger partial charge >= 0.3 is 12.3 Å². The molecule has 132 valence electrons. The van der Waals surface area contributed by atoms with Crippen LogP contribution in [0.3, 0.4) is 0 Å². The number of hydrogen-bond acceptors (Lipinski definition) is 2. The molecule has 0 saturated carbocycles. The van der Waals surface area contributed by atoms with Crippen LogP contribution < -0.4 is 0 Å². The molecule has 0 radical (unpaired) electrons. The molecule has 0 spiro atoms. The summed E-state index contributed by atoms with van der Waals surface area (Å²) >= 11 is 5.64. The monoisotopic (exact) mass is 361 g/mol. The Balaban J connectivity index is 2.15. The van der Waals surface area contributed by atoms with E-state index in [-0.39, 0.29) is 5.02 Å². The van der Waals surface area contributed by atoms with E-state index in [1.807, 2.05) is 0 Å². The minimum Gasteiger partial charge on any atom is -0.444 e. The molecule has 1 aliphatic heterocycles. The SMILES string of the molecule is CC(C)(C)OC(=O)N1CC=C(c2ccc(Cl)c(C(F)(F)F)c2)CC1. The van der Waals surface area contributed by atoms with Crippen LogP contribution in [0.15, 0.2) is 24.3 Å². The molecule has 0 N–H and O–H groups in total. The molecule has 0 bridgehead atoms.